The molecule has 164 valence electrons. The highest BCUT2D eigenvalue weighted by atomic mass is 32.2. The highest BCUT2D eigenvalue weighted by Gasteiger charge is 2.35. The quantitative estimate of drug-likeness (QED) is 0.674. The monoisotopic (exact) mass is 444 g/mol. The Morgan fingerprint density at radius 2 is 2.00 bits per heavy atom. The van der Waals surface area contributed by atoms with Gasteiger partial charge in [0, 0.05) is 18.2 Å². The summed E-state index contributed by atoms with van der Waals surface area (Å²) in [4.78, 5) is 13.3. The van der Waals surface area contributed by atoms with Crippen LogP contribution in [0.15, 0.2) is 52.0 Å². The summed E-state index contributed by atoms with van der Waals surface area (Å²) in [6.45, 7) is 0.332. The van der Waals surface area contributed by atoms with Gasteiger partial charge in [-0.05, 0) is 50.1 Å². The molecular weight excluding hydrogens is 421 g/mol. The molecule has 0 spiro atoms. The molecule has 6 nitrogen and oxygen atoms in total. The molecule has 0 saturated carbocycles. The molecule has 1 amide bonds. The smallest absolute Gasteiger partial charge is 0.406 e. The van der Waals surface area contributed by atoms with Crippen molar-refractivity contribution < 1.29 is 30.8 Å². The minimum absolute atomic E-state index is 0.105. The highest BCUT2D eigenvalue weighted by Crippen LogP contribution is 2.26. The first-order valence-corrected chi connectivity index (χ1v) is 11.0. The number of amides is 1. The Morgan fingerprint density at radius 1 is 1.23 bits per heavy atom. The van der Waals surface area contributed by atoms with Crippen molar-refractivity contribution in [3.05, 3.63) is 54.0 Å². The Morgan fingerprint density at radius 3 is 2.63 bits per heavy atom. The molecular formula is C20H23F3N2O4S. The van der Waals surface area contributed by atoms with E-state index in [9.17, 15) is 26.4 Å². The van der Waals surface area contributed by atoms with Gasteiger partial charge in [-0.1, -0.05) is 12.5 Å². The topological polar surface area (TPSA) is 70.8 Å². The van der Waals surface area contributed by atoms with Crippen LogP contribution in [0.4, 0.5) is 13.2 Å². The van der Waals surface area contributed by atoms with Crippen LogP contribution in [0.25, 0.3) is 0 Å². The summed E-state index contributed by atoms with van der Waals surface area (Å²) in [5.41, 5.74) is -0.128. The maximum atomic E-state index is 13.0. The van der Waals surface area contributed by atoms with Gasteiger partial charge < -0.3 is 9.32 Å². The zero-order valence-electron chi connectivity index (χ0n) is 16.4. The van der Waals surface area contributed by atoms with Gasteiger partial charge in [0.25, 0.3) is 5.91 Å². The molecule has 2 heterocycles. The Balaban J connectivity index is 1.89. The summed E-state index contributed by atoms with van der Waals surface area (Å²) in [6, 6.07) is 7.98. The van der Waals surface area contributed by atoms with Crippen molar-refractivity contribution in [1.29, 1.82) is 0 Å². The van der Waals surface area contributed by atoms with E-state index < -0.39 is 28.7 Å². The van der Waals surface area contributed by atoms with E-state index in [2.05, 4.69) is 0 Å². The lowest BCUT2D eigenvalue weighted by molar-refractivity contribution is -0.142. The molecule has 1 atom stereocenters. The fourth-order valence-electron chi connectivity index (χ4n) is 3.54. The number of rotatable bonds is 6. The number of alkyl halides is 3. The van der Waals surface area contributed by atoms with Gasteiger partial charge in [-0.3, -0.25) is 4.79 Å². The van der Waals surface area contributed by atoms with Gasteiger partial charge in [0.1, 0.15) is 12.3 Å². The van der Waals surface area contributed by atoms with E-state index in [1.807, 2.05) is 6.92 Å². The van der Waals surface area contributed by atoms with Crippen molar-refractivity contribution in [3.8, 4) is 0 Å². The van der Waals surface area contributed by atoms with Gasteiger partial charge in [0.15, 0.2) is 0 Å². The molecule has 1 unspecified atom stereocenters. The Kier molecular flexibility index (Phi) is 6.56. The van der Waals surface area contributed by atoms with Crippen LogP contribution in [-0.4, -0.2) is 48.8 Å². The number of carbonyl (C=O) groups is 1. The van der Waals surface area contributed by atoms with E-state index in [0.29, 0.717) is 11.4 Å². The number of piperidine rings is 1. The largest absolute Gasteiger partial charge is 0.467 e. The number of furan rings is 1. The minimum atomic E-state index is -4.62. The summed E-state index contributed by atoms with van der Waals surface area (Å²) in [7, 11) is -3.86. The van der Waals surface area contributed by atoms with Gasteiger partial charge in [-0.25, -0.2) is 8.42 Å². The lowest BCUT2D eigenvalue weighted by atomic mass is 10.1. The SMILES string of the molecule is CC1CCCCN1S(=O)(=O)c1cccc(C(=O)N(Cc2ccco2)CC(F)(F)F)c1. The number of benzene rings is 1. The molecule has 1 aromatic heterocycles. The molecule has 2 aromatic rings. The molecule has 30 heavy (non-hydrogen) atoms. The first kappa shape index (κ1) is 22.4. The van der Waals surface area contributed by atoms with Gasteiger partial charge in [0.05, 0.1) is 17.7 Å². The van der Waals surface area contributed by atoms with Gasteiger partial charge in [-0.15, -0.1) is 0 Å². The third-order valence-electron chi connectivity index (χ3n) is 5.01. The van der Waals surface area contributed by atoms with E-state index in [1.54, 1.807) is 0 Å². The molecule has 0 radical (unpaired) electrons. The van der Waals surface area contributed by atoms with Crippen LogP contribution in [0.1, 0.15) is 42.3 Å². The second-order valence-corrected chi connectivity index (χ2v) is 9.23. The molecule has 0 bridgehead atoms. The molecule has 10 heteroatoms. The molecule has 0 N–H and O–H groups in total. The van der Waals surface area contributed by atoms with Crippen molar-refractivity contribution in [2.75, 3.05) is 13.1 Å². The van der Waals surface area contributed by atoms with Crippen molar-refractivity contribution >= 4 is 15.9 Å². The zero-order valence-corrected chi connectivity index (χ0v) is 17.2. The standard InChI is InChI=1S/C20H23F3N2O4S/c1-15-6-2-3-10-25(15)30(27,28)18-9-4-7-16(12-18)19(26)24(14-20(21,22)23)13-17-8-5-11-29-17/h4-5,7-9,11-12,15H,2-3,6,10,13-14H2,1H3. The van der Waals surface area contributed by atoms with Gasteiger partial charge in [0.2, 0.25) is 10.0 Å². The Hall–Kier alpha value is -2.33. The molecule has 1 fully saturated rings. The molecule has 1 aliphatic rings. The highest BCUT2D eigenvalue weighted by molar-refractivity contribution is 7.89. The van der Waals surface area contributed by atoms with E-state index in [1.165, 1.54) is 40.9 Å². The second-order valence-electron chi connectivity index (χ2n) is 7.34. The molecule has 0 aliphatic carbocycles. The Labute approximate surface area is 173 Å². The minimum Gasteiger partial charge on any atom is -0.467 e. The van der Waals surface area contributed by atoms with Crippen molar-refractivity contribution in [3.63, 3.8) is 0 Å². The summed E-state index contributed by atoms with van der Waals surface area (Å²) in [6.07, 6.45) is -0.899. The fraction of sp³-hybridized carbons (Fsp3) is 0.450. The average Bonchev–Trinajstić information content (AvgIpc) is 3.19. The summed E-state index contributed by atoms with van der Waals surface area (Å²) in [5.74, 6) is -0.731. The van der Waals surface area contributed by atoms with E-state index >= 15 is 0 Å². The number of sulfonamides is 1. The predicted octanol–water partition coefficient (Wildman–Crippen LogP) is 4.05. The number of nitrogens with zero attached hydrogens (tertiary/aromatic N) is 2. The third kappa shape index (κ3) is 5.23. The summed E-state index contributed by atoms with van der Waals surface area (Å²) < 4.78 is 71.6. The van der Waals surface area contributed by atoms with Crippen LogP contribution in [0.2, 0.25) is 0 Å². The lowest BCUT2D eigenvalue weighted by Gasteiger charge is -2.32. The van der Waals surface area contributed by atoms with E-state index in [-0.39, 0.29) is 28.8 Å². The normalized spacial score (nSPS) is 18.3. The van der Waals surface area contributed by atoms with Crippen LogP contribution in [0.5, 0.6) is 0 Å². The first-order valence-electron chi connectivity index (χ1n) is 9.58. The van der Waals surface area contributed by atoms with Crippen LogP contribution in [0.3, 0.4) is 0 Å². The molecule has 1 aromatic carbocycles. The van der Waals surface area contributed by atoms with Crippen molar-refractivity contribution in [2.45, 2.75) is 49.8 Å². The average molecular weight is 444 g/mol. The maximum Gasteiger partial charge on any atom is 0.406 e. The second kappa shape index (κ2) is 8.81. The van der Waals surface area contributed by atoms with Crippen LogP contribution >= 0.6 is 0 Å². The Bertz CT molecular complexity index is 974. The van der Waals surface area contributed by atoms with Crippen LogP contribution < -0.4 is 0 Å². The van der Waals surface area contributed by atoms with Gasteiger partial charge >= 0.3 is 6.18 Å². The molecule has 1 aliphatic heterocycles. The molecule has 1 saturated heterocycles. The van der Waals surface area contributed by atoms with Crippen molar-refractivity contribution in [2.24, 2.45) is 0 Å². The van der Waals surface area contributed by atoms with Gasteiger partial charge in [-0.2, -0.15) is 17.5 Å². The van der Waals surface area contributed by atoms with E-state index in [0.717, 1.165) is 25.3 Å². The number of hydrogen-bond acceptors (Lipinski definition) is 4. The van der Waals surface area contributed by atoms with E-state index in [4.69, 9.17) is 4.42 Å². The fourth-order valence-corrected chi connectivity index (χ4v) is 5.29. The number of hydrogen-bond donors (Lipinski definition) is 0. The van der Waals surface area contributed by atoms with Crippen LogP contribution in [-0.2, 0) is 16.6 Å². The number of halogens is 3. The molecule has 3 rings (SSSR count). The lowest BCUT2D eigenvalue weighted by Crippen LogP contribution is -2.42. The summed E-state index contributed by atoms with van der Waals surface area (Å²) >= 11 is 0. The zero-order chi connectivity index (χ0) is 21.9. The first-order chi connectivity index (χ1) is 14.1. The predicted molar refractivity (Wildman–Crippen MR) is 103 cm³/mol. The maximum absolute atomic E-state index is 13.0. The third-order valence-corrected chi connectivity index (χ3v) is 7.02. The van der Waals surface area contributed by atoms with Crippen molar-refractivity contribution in [1.82, 2.24) is 9.21 Å². The number of carbonyl (C=O) groups excluding carboxylic acids is 1. The van der Waals surface area contributed by atoms with Crippen LogP contribution in [0, 0.1) is 0 Å². The summed E-state index contributed by atoms with van der Waals surface area (Å²) in [5, 5.41) is 0.